The van der Waals surface area contributed by atoms with Crippen LogP contribution < -0.4 is 5.32 Å². The summed E-state index contributed by atoms with van der Waals surface area (Å²) in [6.07, 6.45) is 1.43. The van der Waals surface area contributed by atoms with Crippen LogP contribution in [0.1, 0.15) is 16.1 Å². The Kier molecular flexibility index (Phi) is 2.59. The molecule has 1 aromatic heterocycles. The first-order chi connectivity index (χ1) is 7.66. The van der Waals surface area contributed by atoms with Crippen molar-refractivity contribution < 1.29 is 14.3 Å². The molecule has 0 aliphatic heterocycles. The van der Waals surface area contributed by atoms with E-state index in [9.17, 15) is 9.90 Å². The second-order valence-electron chi connectivity index (χ2n) is 3.27. The highest BCUT2D eigenvalue weighted by Crippen LogP contribution is 2.17. The van der Waals surface area contributed by atoms with Gasteiger partial charge >= 0.3 is 6.01 Å². The molecule has 0 fully saturated rings. The van der Waals surface area contributed by atoms with E-state index in [1.807, 2.05) is 0 Å². The van der Waals surface area contributed by atoms with Gasteiger partial charge in [-0.25, -0.2) is 0 Å². The van der Waals surface area contributed by atoms with E-state index in [1.165, 1.54) is 18.4 Å². The van der Waals surface area contributed by atoms with Crippen molar-refractivity contribution in [1.82, 2.24) is 4.98 Å². The summed E-state index contributed by atoms with van der Waals surface area (Å²) in [5.41, 5.74) is 0.853. The van der Waals surface area contributed by atoms with Crippen LogP contribution in [-0.4, -0.2) is 16.0 Å². The van der Waals surface area contributed by atoms with Crippen molar-refractivity contribution in [2.24, 2.45) is 0 Å². The van der Waals surface area contributed by atoms with Gasteiger partial charge in [0, 0.05) is 0 Å². The molecule has 0 atom stereocenters. The number of phenols is 1. The fraction of sp³-hybridized carbons (Fsp3) is 0.0909. The second-order valence-corrected chi connectivity index (χ2v) is 3.27. The average Bonchev–Trinajstić information content (AvgIpc) is 2.64. The third kappa shape index (κ3) is 2.03. The van der Waals surface area contributed by atoms with E-state index in [4.69, 9.17) is 4.42 Å². The van der Waals surface area contributed by atoms with E-state index in [-0.39, 0.29) is 17.3 Å². The smallest absolute Gasteiger partial charge is 0.301 e. The highest BCUT2D eigenvalue weighted by atomic mass is 16.4. The zero-order chi connectivity index (χ0) is 11.5. The molecule has 1 heterocycles. The molecule has 1 amide bonds. The number of aromatic hydroxyl groups is 1. The maximum atomic E-state index is 11.7. The van der Waals surface area contributed by atoms with Crippen molar-refractivity contribution in [3.05, 3.63) is 41.8 Å². The molecule has 0 aliphatic rings. The van der Waals surface area contributed by atoms with E-state index >= 15 is 0 Å². The molecule has 0 aliphatic carbocycles. The number of nitrogens with one attached hydrogen (secondary N) is 1. The molecular formula is C11H10N2O3. The van der Waals surface area contributed by atoms with Crippen LogP contribution in [0.25, 0.3) is 0 Å². The van der Waals surface area contributed by atoms with Crippen LogP contribution in [0.3, 0.4) is 0 Å². The van der Waals surface area contributed by atoms with E-state index in [0.717, 1.165) is 0 Å². The first kappa shape index (κ1) is 10.2. The standard InChI is InChI=1S/C11H10N2O3/c1-7-6-16-11(12-7)13-10(15)8-4-2-3-5-9(8)14/h2-6,14H,1H3,(H,12,13,15). The summed E-state index contributed by atoms with van der Waals surface area (Å²) in [6, 6.07) is 6.37. The SMILES string of the molecule is Cc1coc(NC(=O)c2ccccc2O)n1. The Bertz CT molecular complexity index is 519. The molecule has 0 saturated carbocycles. The molecule has 5 heteroatoms. The molecule has 2 rings (SSSR count). The molecule has 16 heavy (non-hydrogen) atoms. The number of hydrogen-bond acceptors (Lipinski definition) is 4. The molecule has 0 spiro atoms. The molecule has 0 radical (unpaired) electrons. The van der Waals surface area contributed by atoms with E-state index in [0.29, 0.717) is 5.69 Å². The van der Waals surface area contributed by atoms with Crippen molar-refractivity contribution in [2.75, 3.05) is 5.32 Å². The maximum Gasteiger partial charge on any atom is 0.301 e. The number of rotatable bonds is 2. The Balaban J connectivity index is 2.18. The minimum Gasteiger partial charge on any atom is -0.507 e. The van der Waals surface area contributed by atoms with Crippen LogP contribution in [0.15, 0.2) is 34.9 Å². The van der Waals surface area contributed by atoms with Gasteiger partial charge in [0.1, 0.15) is 12.0 Å². The molecule has 2 N–H and O–H groups in total. The predicted octanol–water partition coefficient (Wildman–Crippen LogP) is 1.94. The first-order valence-corrected chi connectivity index (χ1v) is 4.68. The Morgan fingerprint density at radius 1 is 1.44 bits per heavy atom. The predicted molar refractivity (Wildman–Crippen MR) is 57.3 cm³/mol. The van der Waals surface area contributed by atoms with Crippen LogP contribution in [0.4, 0.5) is 6.01 Å². The lowest BCUT2D eigenvalue weighted by Crippen LogP contribution is -2.12. The van der Waals surface area contributed by atoms with Gasteiger partial charge in [0.05, 0.1) is 11.3 Å². The largest absolute Gasteiger partial charge is 0.507 e. The van der Waals surface area contributed by atoms with Gasteiger partial charge in [-0.05, 0) is 19.1 Å². The summed E-state index contributed by atoms with van der Waals surface area (Å²) in [7, 11) is 0. The van der Waals surface area contributed by atoms with Gasteiger partial charge in [-0.2, -0.15) is 4.98 Å². The molecular weight excluding hydrogens is 208 g/mol. The van der Waals surface area contributed by atoms with Gasteiger partial charge in [-0.1, -0.05) is 12.1 Å². The van der Waals surface area contributed by atoms with Crippen LogP contribution >= 0.6 is 0 Å². The summed E-state index contributed by atoms with van der Waals surface area (Å²) < 4.78 is 4.97. The van der Waals surface area contributed by atoms with Crippen LogP contribution in [0.5, 0.6) is 5.75 Å². The quantitative estimate of drug-likeness (QED) is 0.807. The van der Waals surface area contributed by atoms with E-state index < -0.39 is 5.91 Å². The van der Waals surface area contributed by atoms with Crippen molar-refractivity contribution in [2.45, 2.75) is 6.92 Å². The summed E-state index contributed by atoms with van der Waals surface area (Å²) in [5.74, 6) is -0.539. The highest BCUT2D eigenvalue weighted by molar-refractivity contribution is 6.05. The molecule has 0 saturated heterocycles. The Hall–Kier alpha value is -2.30. The van der Waals surface area contributed by atoms with Gasteiger partial charge < -0.3 is 9.52 Å². The molecule has 0 bridgehead atoms. The lowest BCUT2D eigenvalue weighted by Gasteiger charge is -2.02. The lowest BCUT2D eigenvalue weighted by atomic mass is 10.2. The molecule has 0 unspecified atom stereocenters. The monoisotopic (exact) mass is 218 g/mol. The fourth-order valence-corrected chi connectivity index (χ4v) is 1.24. The zero-order valence-corrected chi connectivity index (χ0v) is 8.60. The van der Waals surface area contributed by atoms with Crippen LogP contribution in [-0.2, 0) is 0 Å². The summed E-state index contributed by atoms with van der Waals surface area (Å²) >= 11 is 0. The minimum atomic E-state index is -0.458. The number of aromatic nitrogens is 1. The van der Waals surface area contributed by atoms with Crippen molar-refractivity contribution in [3.63, 3.8) is 0 Å². The number of amides is 1. The van der Waals surface area contributed by atoms with Gasteiger partial charge in [-0.3, -0.25) is 10.1 Å². The topological polar surface area (TPSA) is 75.4 Å². The van der Waals surface area contributed by atoms with E-state index in [2.05, 4.69) is 10.3 Å². The lowest BCUT2D eigenvalue weighted by molar-refractivity contribution is 0.102. The van der Waals surface area contributed by atoms with Crippen LogP contribution in [0.2, 0.25) is 0 Å². The number of oxazole rings is 1. The molecule has 5 nitrogen and oxygen atoms in total. The Morgan fingerprint density at radius 3 is 2.81 bits per heavy atom. The number of phenolic OH excluding ortho intramolecular Hbond substituents is 1. The normalized spacial score (nSPS) is 10.1. The maximum absolute atomic E-state index is 11.7. The van der Waals surface area contributed by atoms with E-state index in [1.54, 1.807) is 19.1 Å². The highest BCUT2D eigenvalue weighted by Gasteiger charge is 2.12. The first-order valence-electron chi connectivity index (χ1n) is 4.68. The molecule has 2 aromatic rings. The second kappa shape index (κ2) is 4.06. The van der Waals surface area contributed by atoms with Crippen molar-refractivity contribution >= 4 is 11.9 Å². The summed E-state index contributed by atoms with van der Waals surface area (Å²) in [4.78, 5) is 15.6. The van der Waals surface area contributed by atoms with Crippen LogP contribution in [0, 0.1) is 6.92 Å². The Morgan fingerprint density at radius 2 is 2.19 bits per heavy atom. The number of anilines is 1. The summed E-state index contributed by atoms with van der Waals surface area (Å²) in [5, 5.41) is 11.9. The van der Waals surface area contributed by atoms with Gasteiger partial charge in [0.2, 0.25) is 0 Å². The number of carbonyl (C=O) groups excluding carboxylic acids is 1. The van der Waals surface area contributed by atoms with Gasteiger partial charge in [-0.15, -0.1) is 0 Å². The minimum absolute atomic E-state index is 0.0803. The molecule has 82 valence electrons. The number of para-hydroxylation sites is 1. The van der Waals surface area contributed by atoms with Gasteiger partial charge in [0.15, 0.2) is 0 Å². The number of nitrogens with zero attached hydrogens (tertiary/aromatic N) is 1. The van der Waals surface area contributed by atoms with Crippen molar-refractivity contribution in [3.8, 4) is 5.75 Å². The fourth-order valence-electron chi connectivity index (χ4n) is 1.24. The number of aryl methyl sites for hydroxylation is 1. The number of carbonyl (C=O) groups is 1. The Labute approximate surface area is 91.7 Å². The molecule has 1 aromatic carbocycles. The number of hydrogen-bond donors (Lipinski definition) is 2. The summed E-state index contributed by atoms with van der Waals surface area (Å²) in [6.45, 7) is 1.75. The third-order valence-corrected chi connectivity index (χ3v) is 1.99. The average molecular weight is 218 g/mol. The number of benzene rings is 1. The van der Waals surface area contributed by atoms with Gasteiger partial charge in [0.25, 0.3) is 5.91 Å². The third-order valence-electron chi connectivity index (χ3n) is 1.99. The zero-order valence-electron chi connectivity index (χ0n) is 8.60. The van der Waals surface area contributed by atoms with Crippen molar-refractivity contribution in [1.29, 1.82) is 0 Å².